The maximum Gasteiger partial charge on any atom is 0.315 e. The van der Waals surface area contributed by atoms with Gasteiger partial charge in [-0.2, -0.15) is 0 Å². The molecular formula is C15H17NO3S. The number of carbonyl (C=O) groups excluding carboxylic acids is 1. The van der Waals surface area contributed by atoms with E-state index in [-0.39, 0.29) is 5.97 Å². The van der Waals surface area contributed by atoms with Crippen molar-refractivity contribution < 1.29 is 13.9 Å². The van der Waals surface area contributed by atoms with Gasteiger partial charge in [0.2, 0.25) is 0 Å². The van der Waals surface area contributed by atoms with Crippen molar-refractivity contribution >= 4 is 17.7 Å². The maximum atomic E-state index is 11.2. The third-order valence-electron chi connectivity index (χ3n) is 2.60. The molecular weight excluding hydrogens is 274 g/mol. The number of thioether (sulfide) groups is 1. The lowest BCUT2D eigenvalue weighted by Gasteiger charge is -2.00. The zero-order valence-corrected chi connectivity index (χ0v) is 12.2. The molecule has 0 saturated carbocycles. The molecule has 106 valence electrons. The van der Waals surface area contributed by atoms with Crippen LogP contribution >= 0.6 is 11.8 Å². The lowest BCUT2D eigenvalue weighted by atomic mass is 10.2. The molecule has 0 spiro atoms. The number of rotatable bonds is 7. The lowest BCUT2D eigenvalue weighted by molar-refractivity contribution is -0.139. The molecule has 0 aliphatic rings. The summed E-state index contributed by atoms with van der Waals surface area (Å²) < 4.78 is 10.5. The van der Waals surface area contributed by atoms with Gasteiger partial charge in [0.05, 0.1) is 18.6 Å². The van der Waals surface area contributed by atoms with E-state index in [0.717, 1.165) is 17.1 Å². The highest BCUT2D eigenvalue weighted by molar-refractivity contribution is 7.99. The molecule has 4 nitrogen and oxygen atoms in total. The average Bonchev–Trinajstić information content (AvgIpc) is 2.94. The van der Waals surface area contributed by atoms with Crippen molar-refractivity contribution in [2.75, 3.05) is 18.1 Å². The van der Waals surface area contributed by atoms with Crippen LogP contribution in [0.4, 0.5) is 0 Å². The fourth-order valence-electron chi connectivity index (χ4n) is 1.68. The first-order valence-electron chi connectivity index (χ1n) is 6.53. The Bertz CT molecular complexity index is 539. The van der Waals surface area contributed by atoms with Gasteiger partial charge in [0, 0.05) is 17.7 Å². The Morgan fingerprint density at radius 3 is 2.90 bits per heavy atom. The van der Waals surface area contributed by atoms with E-state index >= 15 is 0 Å². The van der Waals surface area contributed by atoms with E-state index in [1.807, 2.05) is 30.3 Å². The summed E-state index contributed by atoms with van der Waals surface area (Å²) in [7, 11) is 0. The molecule has 0 radical (unpaired) electrons. The average molecular weight is 291 g/mol. The molecule has 2 aromatic rings. The molecule has 0 aliphatic carbocycles. The fraction of sp³-hybridized carbons (Fsp3) is 0.333. The first-order valence-corrected chi connectivity index (χ1v) is 7.68. The molecule has 0 fully saturated rings. The van der Waals surface area contributed by atoms with Crippen LogP contribution in [0.15, 0.2) is 40.9 Å². The van der Waals surface area contributed by atoms with Gasteiger partial charge in [-0.3, -0.25) is 4.79 Å². The highest BCUT2D eigenvalue weighted by Crippen LogP contribution is 2.20. The van der Waals surface area contributed by atoms with Crippen LogP contribution in [-0.2, 0) is 16.0 Å². The summed E-state index contributed by atoms with van der Waals surface area (Å²) in [5, 5.41) is 0. The Morgan fingerprint density at radius 2 is 2.15 bits per heavy atom. The van der Waals surface area contributed by atoms with E-state index in [1.54, 1.807) is 13.1 Å². The highest BCUT2D eigenvalue weighted by atomic mass is 32.2. The second kappa shape index (κ2) is 7.75. The summed E-state index contributed by atoms with van der Waals surface area (Å²) in [6, 6.07) is 9.87. The van der Waals surface area contributed by atoms with E-state index in [0.29, 0.717) is 24.7 Å². The Hall–Kier alpha value is -1.75. The third-order valence-corrected chi connectivity index (χ3v) is 3.53. The topological polar surface area (TPSA) is 52.3 Å². The normalized spacial score (nSPS) is 10.4. The van der Waals surface area contributed by atoms with Gasteiger partial charge in [-0.15, -0.1) is 11.8 Å². The molecule has 1 aromatic carbocycles. The van der Waals surface area contributed by atoms with Gasteiger partial charge in [0.15, 0.2) is 11.7 Å². The predicted octanol–water partition coefficient (Wildman–Crippen LogP) is 3.18. The summed E-state index contributed by atoms with van der Waals surface area (Å²) >= 11 is 1.53. The van der Waals surface area contributed by atoms with Crippen molar-refractivity contribution in [2.45, 2.75) is 13.3 Å². The summed E-state index contributed by atoms with van der Waals surface area (Å²) in [4.78, 5) is 15.4. The molecule has 0 atom stereocenters. The van der Waals surface area contributed by atoms with Crippen molar-refractivity contribution in [2.24, 2.45) is 0 Å². The van der Waals surface area contributed by atoms with E-state index in [4.69, 9.17) is 9.15 Å². The van der Waals surface area contributed by atoms with Crippen LogP contribution in [0, 0.1) is 0 Å². The van der Waals surface area contributed by atoms with Crippen molar-refractivity contribution in [3.8, 4) is 11.3 Å². The predicted molar refractivity (Wildman–Crippen MR) is 79.6 cm³/mol. The second-order valence-electron chi connectivity index (χ2n) is 4.09. The Labute approximate surface area is 122 Å². The smallest absolute Gasteiger partial charge is 0.315 e. The van der Waals surface area contributed by atoms with Gasteiger partial charge >= 0.3 is 5.97 Å². The van der Waals surface area contributed by atoms with Gasteiger partial charge in [0.25, 0.3) is 0 Å². The van der Waals surface area contributed by atoms with Crippen LogP contribution in [0.5, 0.6) is 0 Å². The number of aromatic nitrogens is 1. The number of hydrogen-bond acceptors (Lipinski definition) is 5. The molecule has 5 heteroatoms. The Morgan fingerprint density at radius 1 is 1.35 bits per heavy atom. The fourth-order valence-corrected chi connectivity index (χ4v) is 2.39. The summed E-state index contributed by atoms with van der Waals surface area (Å²) in [6.07, 6.45) is 2.44. The lowest BCUT2D eigenvalue weighted by Crippen LogP contribution is -2.07. The second-order valence-corrected chi connectivity index (χ2v) is 5.20. The van der Waals surface area contributed by atoms with E-state index in [2.05, 4.69) is 4.98 Å². The first kappa shape index (κ1) is 14.7. The zero-order chi connectivity index (χ0) is 14.2. The van der Waals surface area contributed by atoms with Crippen LogP contribution in [0.3, 0.4) is 0 Å². The van der Waals surface area contributed by atoms with Crippen LogP contribution in [0.1, 0.15) is 12.8 Å². The van der Waals surface area contributed by atoms with Crippen molar-refractivity contribution in [1.29, 1.82) is 0 Å². The summed E-state index contributed by atoms with van der Waals surface area (Å²) in [5.74, 6) is 2.46. The van der Waals surface area contributed by atoms with Gasteiger partial charge in [-0.1, -0.05) is 30.3 Å². The quantitative estimate of drug-likeness (QED) is 0.579. The van der Waals surface area contributed by atoms with E-state index in [1.165, 1.54) is 11.8 Å². The van der Waals surface area contributed by atoms with Crippen LogP contribution in [-0.4, -0.2) is 29.1 Å². The number of carbonyl (C=O) groups is 1. The number of aryl methyl sites for hydroxylation is 1. The number of benzene rings is 1. The van der Waals surface area contributed by atoms with Crippen LogP contribution < -0.4 is 0 Å². The molecule has 20 heavy (non-hydrogen) atoms. The van der Waals surface area contributed by atoms with Crippen molar-refractivity contribution in [1.82, 2.24) is 4.98 Å². The molecule has 0 amide bonds. The molecule has 0 bridgehead atoms. The van der Waals surface area contributed by atoms with Gasteiger partial charge < -0.3 is 9.15 Å². The molecule has 0 unspecified atom stereocenters. The standard InChI is InChI=1S/C15H17NO3S/c1-2-18-15(17)11-20-9-8-14-16-10-13(19-14)12-6-4-3-5-7-12/h3-7,10H,2,8-9,11H2,1H3. The number of esters is 1. The van der Waals surface area contributed by atoms with Crippen LogP contribution in [0.2, 0.25) is 0 Å². The monoisotopic (exact) mass is 291 g/mol. The third kappa shape index (κ3) is 4.42. The summed E-state index contributed by atoms with van der Waals surface area (Å²) in [5.41, 5.74) is 1.02. The van der Waals surface area contributed by atoms with E-state index < -0.39 is 0 Å². The molecule has 2 rings (SSSR count). The van der Waals surface area contributed by atoms with E-state index in [9.17, 15) is 4.79 Å². The minimum Gasteiger partial charge on any atom is -0.465 e. The number of nitrogens with zero attached hydrogens (tertiary/aromatic N) is 1. The number of oxazole rings is 1. The maximum absolute atomic E-state index is 11.2. The Kier molecular flexibility index (Phi) is 5.68. The minimum absolute atomic E-state index is 0.171. The van der Waals surface area contributed by atoms with Crippen molar-refractivity contribution in [3.05, 3.63) is 42.4 Å². The first-order chi connectivity index (χ1) is 9.79. The number of hydrogen-bond donors (Lipinski definition) is 0. The Balaban J connectivity index is 1.78. The number of ether oxygens (including phenoxy) is 1. The SMILES string of the molecule is CCOC(=O)CSCCc1ncc(-c2ccccc2)o1. The summed E-state index contributed by atoms with van der Waals surface area (Å²) in [6.45, 7) is 2.24. The van der Waals surface area contributed by atoms with Crippen molar-refractivity contribution in [3.63, 3.8) is 0 Å². The molecule has 0 N–H and O–H groups in total. The molecule has 0 saturated heterocycles. The highest BCUT2D eigenvalue weighted by Gasteiger charge is 2.07. The van der Waals surface area contributed by atoms with Gasteiger partial charge in [0.1, 0.15) is 0 Å². The van der Waals surface area contributed by atoms with Gasteiger partial charge in [-0.05, 0) is 6.92 Å². The molecule has 0 aliphatic heterocycles. The van der Waals surface area contributed by atoms with Gasteiger partial charge in [-0.25, -0.2) is 4.98 Å². The molecule has 1 heterocycles. The zero-order valence-electron chi connectivity index (χ0n) is 11.4. The largest absolute Gasteiger partial charge is 0.465 e. The molecule has 1 aromatic heterocycles. The minimum atomic E-state index is -0.171. The van der Waals surface area contributed by atoms with Crippen LogP contribution in [0.25, 0.3) is 11.3 Å².